The average Bonchev–Trinajstić information content (AvgIpc) is 3.13. The summed E-state index contributed by atoms with van der Waals surface area (Å²) in [5.74, 6) is -1.11. The maximum Gasteiger partial charge on any atom is 0.261 e. The number of amides is 2. The summed E-state index contributed by atoms with van der Waals surface area (Å²) in [6.45, 7) is 0.808. The molecule has 156 valence electrons. The van der Waals surface area contributed by atoms with Gasteiger partial charge in [0.05, 0.1) is 26.9 Å². The number of hydrogen-bond donors (Lipinski definition) is 3. The maximum atomic E-state index is 14.5. The van der Waals surface area contributed by atoms with Crippen LogP contribution in [-0.4, -0.2) is 54.6 Å². The first-order valence-electron chi connectivity index (χ1n) is 9.35. The van der Waals surface area contributed by atoms with Crippen molar-refractivity contribution in [3.8, 4) is 0 Å². The van der Waals surface area contributed by atoms with Crippen LogP contribution in [0.15, 0.2) is 30.3 Å². The molecule has 1 saturated heterocycles. The fraction of sp³-hybridized carbons (Fsp3) is 0.400. The van der Waals surface area contributed by atoms with E-state index in [2.05, 4.69) is 10.6 Å². The van der Waals surface area contributed by atoms with E-state index >= 15 is 0 Å². The normalized spacial score (nSPS) is 17.9. The third-order valence-electron chi connectivity index (χ3n) is 4.88. The summed E-state index contributed by atoms with van der Waals surface area (Å²) >= 11 is 6.95. The number of carbonyl (C=O) groups excluding carboxylic acids is 2. The second kappa shape index (κ2) is 9.56. The predicted octanol–water partition coefficient (Wildman–Crippen LogP) is 3.08. The lowest BCUT2D eigenvalue weighted by molar-refractivity contribution is -0.133. The highest BCUT2D eigenvalue weighted by molar-refractivity contribution is 7.17. The van der Waals surface area contributed by atoms with Crippen LogP contribution >= 0.6 is 22.9 Å². The minimum atomic E-state index is -0.901. The van der Waals surface area contributed by atoms with Crippen LogP contribution in [0, 0.1) is 5.82 Å². The molecular formula is C20H23ClFN3O3S. The van der Waals surface area contributed by atoms with E-state index in [-0.39, 0.29) is 36.5 Å². The molecule has 2 aromatic rings. The van der Waals surface area contributed by atoms with Crippen LogP contribution < -0.4 is 10.6 Å². The molecule has 1 fully saturated rings. The largest absolute Gasteiger partial charge is 0.389 e. The van der Waals surface area contributed by atoms with E-state index in [1.165, 1.54) is 6.07 Å². The van der Waals surface area contributed by atoms with Gasteiger partial charge < -0.3 is 20.6 Å². The summed E-state index contributed by atoms with van der Waals surface area (Å²) in [6, 6.07) is 7.93. The van der Waals surface area contributed by atoms with Crippen molar-refractivity contribution in [2.75, 3.05) is 32.0 Å². The van der Waals surface area contributed by atoms with Gasteiger partial charge in [0.25, 0.3) is 5.91 Å². The molecular weight excluding hydrogens is 417 g/mol. The van der Waals surface area contributed by atoms with Gasteiger partial charge in [0.15, 0.2) is 0 Å². The number of likely N-dealkylation sites (tertiary alicyclic amines) is 1. The van der Waals surface area contributed by atoms with Crippen LogP contribution in [0.25, 0.3) is 0 Å². The molecule has 9 heteroatoms. The van der Waals surface area contributed by atoms with Gasteiger partial charge in [0.2, 0.25) is 5.91 Å². The van der Waals surface area contributed by atoms with Gasteiger partial charge in [-0.1, -0.05) is 17.7 Å². The SMILES string of the molecule is CN1CCCC(c2ccc(NC[C@H](O)CNC(=O)c3ccc(Cl)s3)c(F)c2)C1=O. The predicted molar refractivity (Wildman–Crippen MR) is 112 cm³/mol. The van der Waals surface area contributed by atoms with Crippen molar-refractivity contribution < 1.29 is 19.1 Å². The number of anilines is 1. The standard InChI is InChI=1S/C20H23ClFN3O3S/c1-25-8-2-3-14(20(25)28)12-4-5-16(15(22)9-12)23-10-13(26)11-24-19(27)17-6-7-18(21)29-17/h4-7,9,13-14,23,26H,2-3,8,10-11H2,1H3,(H,24,27)/t13-,14?/m0/s1. The monoisotopic (exact) mass is 439 g/mol. The first-order chi connectivity index (χ1) is 13.8. The molecule has 1 aliphatic rings. The molecule has 0 aliphatic carbocycles. The summed E-state index contributed by atoms with van der Waals surface area (Å²) in [7, 11) is 1.76. The molecule has 1 aromatic carbocycles. The molecule has 0 saturated carbocycles. The van der Waals surface area contributed by atoms with Crippen molar-refractivity contribution in [3.05, 3.63) is 50.9 Å². The third kappa shape index (κ3) is 5.46. The number of benzene rings is 1. The molecule has 1 unspecified atom stereocenters. The van der Waals surface area contributed by atoms with Gasteiger partial charge in [-0.3, -0.25) is 9.59 Å². The summed E-state index contributed by atoms with van der Waals surface area (Å²) < 4.78 is 15.0. The molecule has 1 aromatic heterocycles. The van der Waals surface area contributed by atoms with Crippen molar-refractivity contribution in [2.45, 2.75) is 24.9 Å². The van der Waals surface area contributed by atoms with E-state index < -0.39 is 11.9 Å². The van der Waals surface area contributed by atoms with Gasteiger partial charge in [0, 0.05) is 26.7 Å². The molecule has 6 nitrogen and oxygen atoms in total. The Morgan fingerprint density at radius 2 is 2.17 bits per heavy atom. The number of aliphatic hydroxyl groups is 1. The van der Waals surface area contributed by atoms with E-state index in [4.69, 9.17) is 11.6 Å². The molecule has 29 heavy (non-hydrogen) atoms. The van der Waals surface area contributed by atoms with Gasteiger partial charge in [-0.2, -0.15) is 0 Å². The lowest BCUT2D eigenvalue weighted by Crippen LogP contribution is -2.37. The summed E-state index contributed by atoms with van der Waals surface area (Å²) in [5, 5.41) is 15.5. The molecule has 0 spiro atoms. The molecule has 3 N–H and O–H groups in total. The van der Waals surface area contributed by atoms with Crippen molar-refractivity contribution in [2.24, 2.45) is 0 Å². The quantitative estimate of drug-likeness (QED) is 0.619. The van der Waals surface area contributed by atoms with Gasteiger partial charge in [-0.15, -0.1) is 11.3 Å². The Balaban J connectivity index is 1.51. The smallest absolute Gasteiger partial charge is 0.261 e. The minimum Gasteiger partial charge on any atom is -0.389 e. The molecule has 2 atom stereocenters. The Morgan fingerprint density at radius 1 is 1.38 bits per heavy atom. The highest BCUT2D eigenvalue weighted by Crippen LogP contribution is 2.29. The Kier molecular flexibility index (Phi) is 7.10. The fourth-order valence-corrected chi connectivity index (χ4v) is 4.23. The Bertz CT molecular complexity index is 892. The molecule has 1 aliphatic heterocycles. The van der Waals surface area contributed by atoms with Crippen LogP contribution in [0.1, 0.15) is 34.0 Å². The Morgan fingerprint density at radius 3 is 2.86 bits per heavy atom. The second-order valence-electron chi connectivity index (χ2n) is 7.04. The van der Waals surface area contributed by atoms with Crippen LogP contribution in [0.3, 0.4) is 0 Å². The summed E-state index contributed by atoms with van der Waals surface area (Å²) in [5.41, 5.74) is 0.896. The van der Waals surface area contributed by atoms with E-state index in [9.17, 15) is 19.1 Å². The van der Waals surface area contributed by atoms with Gasteiger partial charge in [-0.25, -0.2) is 4.39 Å². The lowest BCUT2D eigenvalue weighted by Gasteiger charge is -2.29. The number of carbonyl (C=O) groups is 2. The van der Waals surface area contributed by atoms with E-state index in [1.54, 1.807) is 36.2 Å². The summed E-state index contributed by atoms with van der Waals surface area (Å²) in [4.78, 5) is 26.4. The average molecular weight is 440 g/mol. The second-order valence-corrected chi connectivity index (χ2v) is 8.76. The molecule has 2 amide bonds. The van der Waals surface area contributed by atoms with Crippen LogP contribution in [0.2, 0.25) is 4.34 Å². The number of hydrogen-bond acceptors (Lipinski definition) is 5. The minimum absolute atomic E-state index is 0.00884. The summed E-state index contributed by atoms with van der Waals surface area (Å²) in [6.07, 6.45) is 0.704. The van der Waals surface area contributed by atoms with Crippen molar-refractivity contribution >= 4 is 40.4 Å². The fourth-order valence-electron chi connectivity index (χ4n) is 3.27. The molecule has 3 rings (SSSR count). The first kappa shape index (κ1) is 21.5. The van der Waals surface area contributed by atoms with Gasteiger partial charge in [-0.05, 0) is 42.7 Å². The van der Waals surface area contributed by atoms with E-state index in [0.29, 0.717) is 21.2 Å². The molecule has 0 bridgehead atoms. The van der Waals surface area contributed by atoms with Gasteiger partial charge >= 0.3 is 0 Å². The molecule has 2 heterocycles. The van der Waals surface area contributed by atoms with Crippen molar-refractivity contribution in [3.63, 3.8) is 0 Å². The van der Waals surface area contributed by atoms with Crippen LogP contribution in [-0.2, 0) is 4.79 Å². The number of piperidine rings is 1. The number of halogens is 2. The Labute approximate surface area is 177 Å². The lowest BCUT2D eigenvalue weighted by atomic mass is 9.90. The maximum absolute atomic E-state index is 14.5. The van der Waals surface area contributed by atoms with Gasteiger partial charge in [0.1, 0.15) is 5.82 Å². The Hall–Kier alpha value is -2.16. The zero-order chi connectivity index (χ0) is 21.0. The van der Waals surface area contributed by atoms with Crippen molar-refractivity contribution in [1.82, 2.24) is 10.2 Å². The molecule has 0 radical (unpaired) electrons. The zero-order valence-corrected chi connectivity index (χ0v) is 17.5. The van der Waals surface area contributed by atoms with Crippen LogP contribution in [0.4, 0.5) is 10.1 Å². The topological polar surface area (TPSA) is 81.7 Å². The van der Waals surface area contributed by atoms with Crippen LogP contribution in [0.5, 0.6) is 0 Å². The van der Waals surface area contributed by atoms with Crippen molar-refractivity contribution in [1.29, 1.82) is 0 Å². The number of likely N-dealkylation sites (N-methyl/N-ethyl adjacent to an activating group) is 1. The van der Waals surface area contributed by atoms with E-state index in [1.807, 2.05) is 0 Å². The van der Waals surface area contributed by atoms with E-state index in [0.717, 1.165) is 24.3 Å². The zero-order valence-electron chi connectivity index (χ0n) is 16.0. The number of nitrogens with zero attached hydrogens (tertiary/aromatic N) is 1. The highest BCUT2D eigenvalue weighted by Gasteiger charge is 2.28. The number of thiophene rings is 1. The number of nitrogens with one attached hydrogen (secondary N) is 2. The number of rotatable bonds is 7. The number of aliphatic hydroxyl groups excluding tert-OH is 1. The first-order valence-corrected chi connectivity index (χ1v) is 10.5. The third-order valence-corrected chi connectivity index (χ3v) is 6.11. The highest BCUT2D eigenvalue weighted by atomic mass is 35.5.